The highest BCUT2D eigenvalue weighted by atomic mass is 35.5. The van der Waals surface area contributed by atoms with Crippen LogP contribution >= 0.6 is 22.9 Å². The lowest BCUT2D eigenvalue weighted by Crippen LogP contribution is -2.49. The second kappa shape index (κ2) is 5.38. The van der Waals surface area contributed by atoms with E-state index < -0.39 is 0 Å². The molecular weight excluding hydrogens is 258 g/mol. The van der Waals surface area contributed by atoms with Crippen LogP contribution in [0.15, 0.2) is 12.1 Å². The molecule has 1 aromatic rings. The normalized spacial score (nSPS) is 25.0. The monoisotopic (exact) mass is 273 g/mol. The molecule has 2 unspecified atom stereocenters. The molecular formula is C12H16ClNO2S. The highest BCUT2D eigenvalue weighted by Gasteiger charge is 2.28. The Bertz CT molecular complexity index is 407. The summed E-state index contributed by atoms with van der Waals surface area (Å²) in [5, 5.41) is 0. The van der Waals surface area contributed by atoms with E-state index in [9.17, 15) is 4.79 Å². The van der Waals surface area contributed by atoms with E-state index in [1.807, 2.05) is 30.9 Å². The van der Waals surface area contributed by atoms with Gasteiger partial charge in [0.1, 0.15) is 0 Å². The number of hydrogen-bond acceptors (Lipinski definition) is 3. The third-order valence-corrected chi connectivity index (χ3v) is 4.07. The Morgan fingerprint density at radius 2 is 2.35 bits per heavy atom. The van der Waals surface area contributed by atoms with E-state index in [2.05, 4.69) is 0 Å². The summed E-state index contributed by atoms with van der Waals surface area (Å²) >= 11 is 7.34. The van der Waals surface area contributed by atoms with E-state index in [4.69, 9.17) is 16.3 Å². The molecule has 3 nitrogen and oxygen atoms in total. The zero-order valence-corrected chi connectivity index (χ0v) is 11.6. The minimum absolute atomic E-state index is 0.0505. The van der Waals surface area contributed by atoms with Crippen molar-refractivity contribution in [3.8, 4) is 0 Å². The SMILES string of the molecule is Cc1ccc(C(=O)N2CC(C)OC(CCl)C2)s1. The largest absolute Gasteiger partial charge is 0.370 e. The molecule has 0 spiro atoms. The Kier molecular flexibility index (Phi) is 4.07. The van der Waals surface area contributed by atoms with Crippen LogP contribution in [0.4, 0.5) is 0 Å². The van der Waals surface area contributed by atoms with Crippen LogP contribution in [0.3, 0.4) is 0 Å². The first kappa shape index (κ1) is 12.9. The smallest absolute Gasteiger partial charge is 0.264 e. The number of nitrogens with zero attached hydrogens (tertiary/aromatic N) is 1. The summed E-state index contributed by atoms with van der Waals surface area (Å²) in [5.74, 6) is 0.519. The number of aryl methyl sites for hydroxylation is 1. The number of thiophene rings is 1. The summed E-state index contributed by atoms with van der Waals surface area (Å²) in [5.41, 5.74) is 0. The molecule has 1 fully saturated rings. The number of carbonyl (C=O) groups excluding carboxylic acids is 1. The lowest BCUT2D eigenvalue weighted by atomic mass is 10.2. The Balaban J connectivity index is 2.08. The van der Waals surface area contributed by atoms with Gasteiger partial charge in [-0.15, -0.1) is 22.9 Å². The minimum atomic E-state index is -0.0505. The summed E-state index contributed by atoms with van der Waals surface area (Å²) in [4.78, 5) is 16.0. The molecule has 2 atom stereocenters. The molecule has 5 heteroatoms. The Labute approximate surface area is 110 Å². The van der Waals surface area contributed by atoms with Crippen LogP contribution in [0.5, 0.6) is 0 Å². The van der Waals surface area contributed by atoms with Gasteiger partial charge in [0.15, 0.2) is 0 Å². The van der Waals surface area contributed by atoms with Crippen LogP contribution in [-0.4, -0.2) is 42.0 Å². The molecule has 0 aromatic carbocycles. The standard InChI is InChI=1S/C12H16ClNO2S/c1-8-6-14(7-10(5-13)16-8)12(15)11-4-3-9(2)17-11/h3-4,8,10H,5-7H2,1-2H3. The van der Waals surface area contributed by atoms with E-state index in [1.54, 1.807) is 0 Å². The van der Waals surface area contributed by atoms with Crippen molar-refractivity contribution in [1.29, 1.82) is 0 Å². The van der Waals surface area contributed by atoms with Gasteiger partial charge < -0.3 is 9.64 Å². The van der Waals surface area contributed by atoms with Crippen LogP contribution < -0.4 is 0 Å². The van der Waals surface area contributed by atoms with Crippen molar-refractivity contribution < 1.29 is 9.53 Å². The van der Waals surface area contributed by atoms with Gasteiger partial charge in [-0.2, -0.15) is 0 Å². The lowest BCUT2D eigenvalue weighted by molar-refractivity contribution is -0.0569. The average Bonchev–Trinajstić information content (AvgIpc) is 2.74. The van der Waals surface area contributed by atoms with Gasteiger partial charge in [-0.1, -0.05) is 0 Å². The maximum atomic E-state index is 12.3. The predicted octanol–water partition coefficient (Wildman–Crippen LogP) is 2.52. The van der Waals surface area contributed by atoms with Gasteiger partial charge in [-0.05, 0) is 26.0 Å². The van der Waals surface area contributed by atoms with Crippen molar-refractivity contribution in [1.82, 2.24) is 4.90 Å². The first-order valence-electron chi connectivity index (χ1n) is 5.67. The van der Waals surface area contributed by atoms with E-state index >= 15 is 0 Å². The molecule has 1 aromatic heterocycles. The zero-order valence-electron chi connectivity index (χ0n) is 9.98. The Morgan fingerprint density at radius 3 is 2.94 bits per heavy atom. The molecule has 0 bridgehead atoms. The fourth-order valence-corrected chi connectivity index (χ4v) is 3.01. The van der Waals surface area contributed by atoms with Crippen molar-refractivity contribution in [2.24, 2.45) is 0 Å². The molecule has 0 saturated carbocycles. The van der Waals surface area contributed by atoms with Gasteiger partial charge >= 0.3 is 0 Å². The number of morpholine rings is 1. The third kappa shape index (κ3) is 3.00. The fraction of sp³-hybridized carbons (Fsp3) is 0.583. The highest BCUT2D eigenvalue weighted by molar-refractivity contribution is 7.13. The van der Waals surface area contributed by atoms with Crippen molar-refractivity contribution >= 4 is 28.8 Å². The van der Waals surface area contributed by atoms with E-state index in [0.717, 1.165) is 9.75 Å². The van der Waals surface area contributed by atoms with Gasteiger partial charge in [-0.3, -0.25) is 4.79 Å². The van der Waals surface area contributed by atoms with E-state index in [1.165, 1.54) is 11.3 Å². The number of ether oxygens (including phenoxy) is 1. The van der Waals surface area contributed by atoms with Crippen molar-refractivity contribution in [3.63, 3.8) is 0 Å². The zero-order chi connectivity index (χ0) is 12.4. The summed E-state index contributed by atoms with van der Waals surface area (Å²) in [6.07, 6.45) is 0.00272. The van der Waals surface area contributed by atoms with Gasteiger partial charge in [0.05, 0.1) is 23.0 Å². The second-order valence-corrected chi connectivity index (χ2v) is 5.94. The number of carbonyl (C=O) groups is 1. The number of hydrogen-bond donors (Lipinski definition) is 0. The summed E-state index contributed by atoms with van der Waals surface area (Å²) in [7, 11) is 0. The number of alkyl halides is 1. The molecule has 2 rings (SSSR count). The first-order chi connectivity index (χ1) is 8.10. The maximum absolute atomic E-state index is 12.3. The molecule has 94 valence electrons. The highest BCUT2D eigenvalue weighted by Crippen LogP contribution is 2.20. The fourth-order valence-electron chi connectivity index (χ4n) is 2.00. The average molecular weight is 274 g/mol. The van der Waals surface area contributed by atoms with Crippen molar-refractivity contribution in [2.75, 3.05) is 19.0 Å². The molecule has 1 saturated heterocycles. The number of amides is 1. The number of rotatable bonds is 2. The van der Waals surface area contributed by atoms with Gasteiger partial charge in [0.2, 0.25) is 0 Å². The summed E-state index contributed by atoms with van der Waals surface area (Å²) < 4.78 is 5.63. The maximum Gasteiger partial charge on any atom is 0.264 e. The molecule has 0 aliphatic carbocycles. The molecule has 17 heavy (non-hydrogen) atoms. The van der Waals surface area contributed by atoms with Crippen LogP contribution in [-0.2, 0) is 4.74 Å². The van der Waals surface area contributed by atoms with Crippen molar-refractivity contribution in [2.45, 2.75) is 26.1 Å². The molecule has 1 amide bonds. The van der Waals surface area contributed by atoms with E-state index in [0.29, 0.717) is 19.0 Å². The Morgan fingerprint density at radius 1 is 1.59 bits per heavy atom. The molecule has 2 heterocycles. The minimum Gasteiger partial charge on any atom is -0.370 e. The summed E-state index contributed by atoms with van der Waals surface area (Å²) in [6.45, 7) is 5.20. The topological polar surface area (TPSA) is 29.5 Å². The first-order valence-corrected chi connectivity index (χ1v) is 7.02. The molecule has 0 radical (unpaired) electrons. The second-order valence-electron chi connectivity index (χ2n) is 4.34. The van der Waals surface area contributed by atoms with Crippen LogP contribution in [0.1, 0.15) is 21.5 Å². The molecule has 1 aliphatic rings. The van der Waals surface area contributed by atoms with Gasteiger partial charge in [0, 0.05) is 18.0 Å². The summed E-state index contributed by atoms with van der Waals surface area (Å²) in [6, 6.07) is 3.86. The van der Waals surface area contributed by atoms with Crippen LogP contribution in [0.2, 0.25) is 0 Å². The molecule has 1 aliphatic heterocycles. The van der Waals surface area contributed by atoms with Crippen molar-refractivity contribution in [3.05, 3.63) is 21.9 Å². The quantitative estimate of drug-likeness (QED) is 0.775. The molecule has 0 N–H and O–H groups in total. The van der Waals surface area contributed by atoms with E-state index in [-0.39, 0.29) is 18.1 Å². The predicted molar refractivity (Wildman–Crippen MR) is 70.0 cm³/mol. The van der Waals surface area contributed by atoms with Gasteiger partial charge in [0.25, 0.3) is 5.91 Å². The van der Waals surface area contributed by atoms with Gasteiger partial charge in [-0.25, -0.2) is 0 Å². The van der Waals surface area contributed by atoms with Crippen LogP contribution in [0, 0.1) is 6.92 Å². The third-order valence-electron chi connectivity index (χ3n) is 2.74. The Hall–Kier alpha value is -0.580. The van der Waals surface area contributed by atoms with Crippen LogP contribution in [0.25, 0.3) is 0 Å². The lowest BCUT2D eigenvalue weighted by Gasteiger charge is -2.35. The number of halogens is 1.